The molecule has 4 rings (SSSR count). The normalized spacial score (nSPS) is 8.55. The van der Waals surface area contributed by atoms with Crippen molar-refractivity contribution in [2.24, 2.45) is 0 Å². The van der Waals surface area contributed by atoms with Crippen molar-refractivity contribution in [1.29, 1.82) is 0 Å². The molecule has 0 spiro atoms. The molecule has 0 aliphatic rings. The van der Waals surface area contributed by atoms with Gasteiger partial charge in [0.05, 0.1) is 0 Å². The van der Waals surface area contributed by atoms with Crippen molar-refractivity contribution in [2.45, 2.75) is 7.43 Å². The van der Waals surface area contributed by atoms with E-state index in [4.69, 9.17) is 0 Å². The molecule has 3 N–H and O–H groups in total. The molecule has 0 aromatic heterocycles. The summed E-state index contributed by atoms with van der Waals surface area (Å²) < 4.78 is 0. The maximum absolute atomic E-state index is 2.21. The van der Waals surface area contributed by atoms with Gasteiger partial charge >= 0.3 is 88.7 Å². The number of benzene rings is 4. The minimum absolute atomic E-state index is 0. The molecule has 0 heterocycles. The van der Waals surface area contributed by atoms with Crippen LogP contribution in [0, 0.1) is 0 Å². The number of rotatable bonds is 0. The maximum Gasteiger partial charge on any atom is 1.00 e. The third kappa shape index (κ3) is 4.62. The first-order chi connectivity index (χ1) is 7.93. The van der Waals surface area contributed by atoms with Gasteiger partial charge in [-0.3, -0.25) is 0 Å². The molecule has 0 aliphatic heterocycles. The van der Waals surface area contributed by atoms with Crippen molar-refractivity contribution in [3.63, 3.8) is 0 Å². The van der Waals surface area contributed by atoms with Crippen LogP contribution >= 0.6 is 12.4 Å². The van der Waals surface area contributed by atoms with Crippen LogP contribution in [0.3, 0.4) is 0 Å². The Morgan fingerprint density at radius 2 is 0.727 bits per heavy atom. The molecule has 0 unspecified atom stereocenters. The van der Waals surface area contributed by atoms with E-state index in [1.165, 1.54) is 32.3 Å². The van der Waals surface area contributed by atoms with Crippen LogP contribution in [0.15, 0.2) is 60.7 Å². The molecule has 0 bridgehead atoms. The van der Waals surface area contributed by atoms with Gasteiger partial charge in [0.1, 0.15) is 0 Å². The molecule has 1 nitrogen and oxygen atoms in total. The van der Waals surface area contributed by atoms with E-state index in [9.17, 15) is 0 Å². The second kappa shape index (κ2) is 11.7. The summed E-state index contributed by atoms with van der Waals surface area (Å²) in [7, 11) is 0. The predicted octanol–water partition coefficient (Wildman–Crippen LogP) is -2.85. The van der Waals surface area contributed by atoms with E-state index >= 15 is 0 Å². The molecule has 0 saturated carbocycles. The van der Waals surface area contributed by atoms with Crippen molar-refractivity contribution < 1.29 is 93.0 Å². The van der Waals surface area contributed by atoms with E-state index in [-0.39, 0.29) is 119 Å². The summed E-state index contributed by atoms with van der Waals surface area (Å²) in [5.74, 6) is 0. The summed E-state index contributed by atoms with van der Waals surface area (Å²) >= 11 is 0. The van der Waals surface area contributed by atoms with Gasteiger partial charge in [0.2, 0.25) is 0 Å². The molecular formula is C17H21ClNNa3. The van der Waals surface area contributed by atoms with Gasteiger partial charge in [0.25, 0.3) is 0 Å². The first kappa shape index (κ1) is 28.0. The Bertz CT molecular complexity index is 704. The van der Waals surface area contributed by atoms with Crippen molar-refractivity contribution in [3.05, 3.63) is 60.7 Å². The summed E-state index contributed by atoms with van der Waals surface area (Å²) in [6, 6.07) is 21.9. The molecular weight excluding hydrogens is 323 g/mol. The van der Waals surface area contributed by atoms with E-state index in [2.05, 4.69) is 60.7 Å². The number of halogens is 1. The Morgan fingerprint density at radius 3 is 0.955 bits per heavy atom. The molecule has 0 radical (unpaired) electrons. The average Bonchev–Trinajstić information content (AvgIpc) is 2.36. The third-order valence-corrected chi connectivity index (χ3v) is 3.39. The first-order valence-corrected chi connectivity index (χ1v) is 5.56. The van der Waals surface area contributed by atoms with E-state index < -0.39 is 0 Å². The van der Waals surface area contributed by atoms with Crippen molar-refractivity contribution in [3.8, 4) is 0 Å². The minimum atomic E-state index is 0. The fraction of sp³-hybridized carbons (Fsp3) is 0.0588. The van der Waals surface area contributed by atoms with Gasteiger partial charge in [-0.1, -0.05) is 68.1 Å². The van der Waals surface area contributed by atoms with Crippen molar-refractivity contribution in [1.82, 2.24) is 6.15 Å². The zero-order valence-corrected chi connectivity index (χ0v) is 19.7. The Balaban J connectivity index is -0.000000100. The van der Waals surface area contributed by atoms with Crippen LogP contribution in [0.5, 0.6) is 0 Å². The Hall–Kier alpha value is 1.17. The molecule has 5 heteroatoms. The summed E-state index contributed by atoms with van der Waals surface area (Å²) in [5.41, 5.74) is 0. The Kier molecular flexibility index (Phi) is 14.9. The smallest absolute Gasteiger partial charge is 1.00 e. The van der Waals surface area contributed by atoms with Crippen LogP contribution in [0.2, 0.25) is 0 Å². The second-order valence-electron chi connectivity index (χ2n) is 4.29. The van der Waals surface area contributed by atoms with E-state index in [0.29, 0.717) is 0 Å². The largest absolute Gasteiger partial charge is 1.00 e. The molecule has 0 saturated heterocycles. The molecule has 0 fully saturated rings. The van der Waals surface area contributed by atoms with E-state index in [1.54, 1.807) is 0 Å². The topological polar surface area (TPSA) is 35.0 Å². The van der Waals surface area contributed by atoms with Gasteiger partial charge in [0.15, 0.2) is 0 Å². The summed E-state index contributed by atoms with van der Waals surface area (Å²) in [6.07, 6.45) is 0. The molecule has 104 valence electrons. The summed E-state index contributed by atoms with van der Waals surface area (Å²) in [6.45, 7) is 0. The van der Waals surface area contributed by atoms with Gasteiger partial charge in [-0.15, -0.1) is 12.4 Å². The molecule has 0 atom stereocenters. The second-order valence-corrected chi connectivity index (χ2v) is 4.29. The number of hydrogen-bond donors (Lipinski definition) is 1. The molecule has 4 aromatic carbocycles. The number of hydrogen-bond acceptors (Lipinski definition) is 1. The van der Waals surface area contributed by atoms with Crippen LogP contribution in [0.4, 0.5) is 0 Å². The summed E-state index contributed by atoms with van der Waals surface area (Å²) in [5, 5.41) is 8.14. The van der Waals surface area contributed by atoms with Gasteiger partial charge < -0.3 is 10.4 Å². The zero-order chi connectivity index (χ0) is 10.5. The zero-order valence-electron chi connectivity index (χ0n) is 15.9. The molecule has 0 aliphatic carbocycles. The van der Waals surface area contributed by atoms with Gasteiger partial charge in [0, 0.05) is 0 Å². The van der Waals surface area contributed by atoms with Gasteiger partial charge in [-0.25, -0.2) is 0 Å². The molecule has 4 aromatic rings. The van der Waals surface area contributed by atoms with Crippen LogP contribution in [0.25, 0.3) is 32.3 Å². The Morgan fingerprint density at radius 1 is 0.500 bits per heavy atom. The minimum Gasteiger partial charge on any atom is -1.00 e. The maximum atomic E-state index is 2.21. The van der Waals surface area contributed by atoms with Crippen LogP contribution in [0.1, 0.15) is 11.7 Å². The van der Waals surface area contributed by atoms with Crippen LogP contribution < -0.4 is 94.8 Å². The van der Waals surface area contributed by atoms with Crippen LogP contribution in [-0.4, -0.2) is 0 Å². The van der Waals surface area contributed by atoms with Crippen molar-refractivity contribution >= 4 is 44.7 Å². The fourth-order valence-electron chi connectivity index (χ4n) is 2.67. The molecule has 0 amide bonds. The van der Waals surface area contributed by atoms with Gasteiger partial charge in [-0.05, 0) is 32.3 Å². The van der Waals surface area contributed by atoms with E-state index in [1.807, 2.05) is 0 Å². The third-order valence-electron chi connectivity index (χ3n) is 3.39. The quantitative estimate of drug-likeness (QED) is 0.271. The fourth-order valence-corrected chi connectivity index (χ4v) is 2.67. The molecule has 22 heavy (non-hydrogen) atoms. The average molecular weight is 344 g/mol. The van der Waals surface area contributed by atoms with E-state index in [0.717, 1.165) is 0 Å². The van der Waals surface area contributed by atoms with Gasteiger partial charge in [-0.2, -0.15) is 0 Å². The predicted molar refractivity (Wildman–Crippen MR) is 92.5 cm³/mol. The van der Waals surface area contributed by atoms with Crippen molar-refractivity contribution in [2.75, 3.05) is 0 Å². The summed E-state index contributed by atoms with van der Waals surface area (Å²) in [4.78, 5) is 0. The Labute approximate surface area is 209 Å². The monoisotopic (exact) mass is 343 g/mol. The SMILES string of the molecule is C.Cl.N.[H-].[H-].[H-].[Na+].[Na+].[Na+].c1cc2ccc3cccc4ccc(c1)c2c34. The standard InChI is InChI=1S/C16H10.CH4.ClH.H3N.3Na.3H/c1-3-11-7-9-13-5-2-6-14-10-8-12(4-1)15(11)16(13)14;;;;;;;;;/h1-10H;1H4;1H;1H3;;;;;;/q;;;;3*+1;3*-1. The first-order valence-electron chi connectivity index (χ1n) is 5.56. The van der Waals surface area contributed by atoms with Crippen LogP contribution in [-0.2, 0) is 0 Å².